The molecule has 5 heteroatoms. The Labute approximate surface area is 248 Å². The first kappa shape index (κ1) is 30.6. The fraction of sp³-hybridized carbons (Fsp3) is 0. The molecule has 0 saturated heterocycles. The van der Waals surface area contributed by atoms with E-state index in [9.17, 15) is 0 Å². The van der Waals surface area contributed by atoms with Crippen molar-refractivity contribution in [3.05, 3.63) is 159 Å². The number of nitrogens with zero attached hydrogens (tertiary/aromatic N) is 1. The van der Waals surface area contributed by atoms with E-state index in [1.807, 2.05) is 48.7 Å². The van der Waals surface area contributed by atoms with Crippen LogP contribution in [-0.4, -0.2) is 4.98 Å². The van der Waals surface area contributed by atoms with Gasteiger partial charge in [-0.3, -0.25) is 4.98 Å². The molecule has 0 saturated carbocycles. The van der Waals surface area contributed by atoms with Crippen LogP contribution in [0.5, 0.6) is 0 Å². The first-order valence-electron chi connectivity index (χ1n) is 11.2. The molecule has 0 atom stereocenters. The molecule has 0 N–H and O–H groups in total. The number of hydrogen-bond acceptors (Lipinski definition) is 1. The van der Waals surface area contributed by atoms with E-state index in [1.165, 1.54) is 21.2 Å². The van der Waals surface area contributed by atoms with Gasteiger partial charge in [-0.2, -0.15) is 20.6 Å². The van der Waals surface area contributed by atoms with Crippen molar-refractivity contribution in [2.24, 2.45) is 0 Å². The molecule has 0 spiro atoms. The molecule has 188 valence electrons. The average molecular weight is 870 g/mol. The Kier molecular flexibility index (Phi) is 13.2. The van der Waals surface area contributed by atoms with Gasteiger partial charge in [-0.1, -0.05) is 103 Å². The molecule has 36 heavy (non-hydrogen) atoms. The van der Waals surface area contributed by atoms with Crippen molar-refractivity contribution in [2.45, 2.75) is 0 Å². The fourth-order valence-corrected chi connectivity index (χ4v) is 7.60. The molecule has 0 amide bonds. The van der Waals surface area contributed by atoms with Crippen molar-refractivity contribution in [3.8, 4) is 0 Å². The van der Waals surface area contributed by atoms with Crippen LogP contribution in [0, 0.1) is 13.3 Å². The molecule has 1 aromatic heterocycles. The number of pyridine rings is 1. The predicted octanol–water partition coefficient (Wildman–Crippen LogP) is 6.07. The van der Waals surface area contributed by atoms with Crippen molar-refractivity contribution in [1.29, 1.82) is 0 Å². The second-order valence-electron chi connectivity index (χ2n) is 7.83. The van der Waals surface area contributed by atoms with Crippen molar-refractivity contribution in [3.63, 3.8) is 0 Å². The summed E-state index contributed by atoms with van der Waals surface area (Å²) < 4.78 is 0. The maximum absolute atomic E-state index is 4.56. The maximum Gasteiger partial charge on any atom is 1.00 e. The van der Waals surface area contributed by atoms with Crippen LogP contribution < -0.4 is 26.7 Å². The SMILES string of the molecule is [Au+].[Au+].[CH2-][P+]([CH2-])(c1ccccc1)c1ccccc1.c1ccc(P(c2ccccc2)c2ccccn2)cc1. The third kappa shape index (κ3) is 8.19. The molecule has 0 aliphatic rings. The van der Waals surface area contributed by atoms with Crippen LogP contribution in [0.15, 0.2) is 146 Å². The summed E-state index contributed by atoms with van der Waals surface area (Å²) >= 11 is 0. The molecule has 0 fully saturated rings. The van der Waals surface area contributed by atoms with Gasteiger partial charge in [0.25, 0.3) is 0 Å². The summed E-state index contributed by atoms with van der Waals surface area (Å²) in [6.45, 7) is 8.62. The second kappa shape index (κ2) is 15.6. The number of hydrogen-bond donors (Lipinski definition) is 0. The molecule has 0 aliphatic carbocycles. The molecule has 5 aromatic rings. The Hall–Kier alpha value is -1.63. The summed E-state index contributed by atoms with van der Waals surface area (Å²) in [5, 5.41) is 5.16. The molecule has 1 nitrogen and oxygen atoms in total. The van der Waals surface area contributed by atoms with E-state index < -0.39 is 15.2 Å². The standard InChI is InChI=1S/C17H14NP.C14H14P.2Au/c1-3-9-15(10-4-1)19(16-11-5-2-6-12-16)17-13-7-8-14-18-17;1-15(2,13-9-5-3-6-10-13)14-11-7-4-8-12-14;;/h1-14H;3-12H,1-2H2;;/q;-1;2*+1. The zero-order valence-electron chi connectivity index (χ0n) is 19.7. The van der Waals surface area contributed by atoms with Gasteiger partial charge in [0.05, 0.1) is 5.44 Å². The summed E-state index contributed by atoms with van der Waals surface area (Å²) in [6.07, 6.45) is 1.87. The molecule has 0 unspecified atom stereocenters. The van der Waals surface area contributed by atoms with Crippen LogP contribution in [0.4, 0.5) is 0 Å². The van der Waals surface area contributed by atoms with Crippen LogP contribution >= 0.6 is 15.2 Å². The van der Waals surface area contributed by atoms with Gasteiger partial charge < -0.3 is 0 Å². The Morgan fingerprint density at radius 2 is 0.833 bits per heavy atom. The predicted molar refractivity (Wildman–Crippen MR) is 153 cm³/mol. The number of aromatic nitrogens is 1. The van der Waals surface area contributed by atoms with Crippen LogP contribution in [-0.2, 0) is 44.8 Å². The largest absolute Gasteiger partial charge is 1.00 e. The molecular formula is C31H28Au2NP2+. The van der Waals surface area contributed by atoms with E-state index in [-0.39, 0.29) is 44.8 Å². The van der Waals surface area contributed by atoms with Crippen LogP contribution in [0.2, 0.25) is 0 Å². The Morgan fingerprint density at radius 3 is 1.19 bits per heavy atom. The summed E-state index contributed by atoms with van der Waals surface area (Å²) in [4.78, 5) is 4.56. The molecule has 5 rings (SSSR count). The van der Waals surface area contributed by atoms with E-state index in [0.29, 0.717) is 0 Å². The van der Waals surface area contributed by atoms with Crippen LogP contribution in [0.1, 0.15) is 0 Å². The summed E-state index contributed by atoms with van der Waals surface area (Å²) in [7, 11) is -2.20. The van der Waals surface area contributed by atoms with E-state index in [0.717, 1.165) is 5.44 Å². The molecule has 0 radical (unpaired) electrons. The van der Waals surface area contributed by atoms with Gasteiger partial charge in [-0.15, -0.1) is 0 Å². The van der Waals surface area contributed by atoms with E-state index in [4.69, 9.17) is 0 Å². The topological polar surface area (TPSA) is 12.9 Å². The van der Waals surface area contributed by atoms with E-state index >= 15 is 0 Å². The monoisotopic (exact) mass is 870 g/mol. The van der Waals surface area contributed by atoms with Gasteiger partial charge in [0.2, 0.25) is 0 Å². The molecular weight excluding hydrogens is 842 g/mol. The van der Waals surface area contributed by atoms with Gasteiger partial charge in [0, 0.05) is 24.7 Å². The zero-order valence-corrected chi connectivity index (χ0v) is 25.8. The van der Waals surface area contributed by atoms with E-state index in [1.54, 1.807) is 0 Å². The van der Waals surface area contributed by atoms with Gasteiger partial charge >= 0.3 is 44.8 Å². The Bertz CT molecular complexity index is 1120. The quantitative estimate of drug-likeness (QED) is 0.119. The smallest absolute Gasteiger partial charge is 0.256 e. The molecule has 1 heterocycles. The van der Waals surface area contributed by atoms with Crippen molar-refractivity contribution in [2.75, 3.05) is 0 Å². The van der Waals surface area contributed by atoms with Crippen molar-refractivity contribution < 1.29 is 44.8 Å². The number of rotatable bonds is 5. The van der Waals surface area contributed by atoms with Crippen molar-refractivity contribution >= 4 is 41.8 Å². The second-order valence-corrected chi connectivity index (χ2v) is 13.0. The molecule has 4 aromatic carbocycles. The maximum atomic E-state index is 4.56. The van der Waals surface area contributed by atoms with Crippen LogP contribution in [0.3, 0.4) is 0 Å². The minimum atomic E-state index is -1.65. The van der Waals surface area contributed by atoms with Gasteiger partial charge in [-0.05, 0) is 47.0 Å². The van der Waals surface area contributed by atoms with Gasteiger partial charge in [-0.25, -0.2) is 0 Å². The Morgan fingerprint density at radius 1 is 0.472 bits per heavy atom. The summed E-state index contributed by atoms with van der Waals surface area (Å²) in [5.41, 5.74) is 1.15. The van der Waals surface area contributed by atoms with Crippen LogP contribution in [0.25, 0.3) is 0 Å². The summed E-state index contributed by atoms with van der Waals surface area (Å²) in [6, 6.07) is 48.1. The van der Waals surface area contributed by atoms with Gasteiger partial charge in [0.1, 0.15) is 0 Å². The first-order valence-corrected chi connectivity index (χ1v) is 14.7. The zero-order chi connectivity index (χ0) is 23.6. The van der Waals surface area contributed by atoms with Gasteiger partial charge in [0.15, 0.2) is 0 Å². The third-order valence-corrected chi connectivity index (χ3v) is 10.3. The van der Waals surface area contributed by atoms with Crippen molar-refractivity contribution in [1.82, 2.24) is 4.98 Å². The number of benzene rings is 4. The normalized spacial score (nSPS) is 10.3. The van der Waals surface area contributed by atoms with E-state index in [2.05, 4.69) is 115 Å². The first-order chi connectivity index (χ1) is 16.7. The minimum Gasteiger partial charge on any atom is -0.256 e. The average Bonchev–Trinajstić information content (AvgIpc) is 2.92. The summed E-state index contributed by atoms with van der Waals surface area (Å²) in [5.74, 6) is 0. The Balaban J connectivity index is 0.000000246. The third-order valence-electron chi connectivity index (χ3n) is 5.41. The minimum absolute atomic E-state index is 0. The molecule has 0 aliphatic heterocycles. The molecule has 0 bridgehead atoms. The fourth-order valence-electron chi connectivity index (χ4n) is 3.63.